The summed E-state index contributed by atoms with van der Waals surface area (Å²) < 4.78 is 0. The van der Waals surface area contributed by atoms with Gasteiger partial charge in [0, 0.05) is 5.41 Å². The van der Waals surface area contributed by atoms with E-state index in [0.717, 1.165) is 17.5 Å². The molecule has 1 aromatic carbocycles. The van der Waals surface area contributed by atoms with Crippen molar-refractivity contribution >= 4 is 22.4 Å². The molecule has 0 saturated heterocycles. The number of amides is 1. The van der Waals surface area contributed by atoms with Gasteiger partial charge in [0.25, 0.3) is 0 Å². The highest BCUT2D eigenvalue weighted by molar-refractivity contribution is 7.15. The highest BCUT2D eigenvalue weighted by atomic mass is 32.1. The van der Waals surface area contributed by atoms with Gasteiger partial charge in [-0.3, -0.25) is 10.1 Å². The summed E-state index contributed by atoms with van der Waals surface area (Å²) in [7, 11) is 0. The van der Waals surface area contributed by atoms with Gasteiger partial charge < -0.3 is 5.32 Å². The minimum Gasteiger partial charge on any atom is -0.308 e. The first-order valence-corrected chi connectivity index (χ1v) is 8.77. The molecule has 1 amide bonds. The van der Waals surface area contributed by atoms with Gasteiger partial charge in [-0.2, -0.15) is 0 Å². The second kappa shape index (κ2) is 6.76. The average molecular weight is 330 g/mol. The molecule has 6 heteroatoms. The Morgan fingerprint density at radius 2 is 2.00 bits per heavy atom. The highest BCUT2D eigenvalue weighted by Gasteiger charge is 2.27. The van der Waals surface area contributed by atoms with Crippen molar-refractivity contribution in [2.45, 2.75) is 32.1 Å². The Labute approximate surface area is 140 Å². The maximum Gasteiger partial charge on any atom is 0.240 e. The Kier molecular flexibility index (Phi) is 4.73. The van der Waals surface area contributed by atoms with Gasteiger partial charge in [-0.25, -0.2) is 0 Å². The highest BCUT2D eigenvalue weighted by Crippen LogP contribution is 2.34. The van der Waals surface area contributed by atoms with Gasteiger partial charge in [0.2, 0.25) is 11.0 Å². The summed E-state index contributed by atoms with van der Waals surface area (Å²) in [6.07, 6.45) is 2.56. The number of carbonyl (C=O) groups excluding carboxylic acids is 1. The van der Waals surface area contributed by atoms with E-state index in [4.69, 9.17) is 0 Å². The number of aromatic nitrogens is 2. The molecule has 1 heterocycles. The van der Waals surface area contributed by atoms with Crippen molar-refractivity contribution in [3.63, 3.8) is 0 Å². The van der Waals surface area contributed by atoms with Gasteiger partial charge in [0.1, 0.15) is 5.01 Å². The molecule has 2 aromatic rings. The Morgan fingerprint density at radius 1 is 1.26 bits per heavy atom. The van der Waals surface area contributed by atoms with Crippen molar-refractivity contribution in [3.05, 3.63) is 40.9 Å². The molecule has 1 saturated carbocycles. The molecule has 1 aromatic heterocycles. The summed E-state index contributed by atoms with van der Waals surface area (Å²) in [5.41, 5.74) is 0.951. The van der Waals surface area contributed by atoms with Crippen molar-refractivity contribution in [1.82, 2.24) is 15.5 Å². The van der Waals surface area contributed by atoms with E-state index in [1.54, 1.807) is 0 Å². The molecular formula is C17H22N4OS. The first-order chi connectivity index (χ1) is 11.1. The number of nitrogens with zero attached hydrogens (tertiary/aromatic N) is 2. The number of anilines is 1. The van der Waals surface area contributed by atoms with E-state index >= 15 is 0 Å². The number of rotatable bonds is 7. The van der Waals surface area contributed by atoms with Crippen LogP contribution in [0.5, 0.6) is 0 Å². The number of benzene rings is 1. The fourth-order valence-electron chi connectivity index (χ4n) is 2.38. The quantitative estimate of drug-likeness (QED) is 0.819. The first-order valence-electron chi connectivity index (χ1n) is 7.96. The lowest BCUT2D eigenvalue weighted by molar-refractivity contribution is -0.115. The summed E-state index contributed by atoms with van der Waals surface area (Å²) in [4.78, 5) is 11.9. The molecule has 122 valence electrons. The Hall–Kier alpha value is -1.79. The Balaban J connectivity index is 1.59. The second-order valence-electron chi connectivity index (χ2n) is 6.53. The van der Waals surface area contributed by atoms with Crippen LogP contribution < -0.4 is 10.6 Å². The molecule has 2 N–H and O–H groups in total. The summed E-state index contributed by atoms with van der Waals surface area (Å²) in [6, 6.07) is 10.2. The predicted molar refractivity (Wildman–Crippen MR) is 92.7 cm³/mol. The lowest BCUT2D eigenvalue weighted by Gasteiger charge is -2.21. The van der Waals surface area contributed by atoms with Crippen LogP contribution >= 0.6 is 11.3 Å². The Bertz CT molecular complexity index is 664. The third kappa shape index (κ3) is 4.14. The van der Waals surface area contributed by atoms with Crippen molar-refractivity contribution in [2.75, 3.05) is 18.4 Å². The number of hydrogen-bond donors (Lipinski definition) is 2. The first kappa shape index (κ1) is 16.1. The summed E-state index contributed by atoms with van der Waals surface area (Å²) in [5, 5.41) is 15.8. The van der Waals surface area contributed by atoms with E-state index in [2.05, 4.69) is 46.8 Å². The second-order valence-corrected chi connectivity index (χ2v) is 7.50. The Morgan fingerprint density at radius 3 is 2.70 bits per heavy atom. The maximum atomic E-state index is 11.9. The van der Waals surface area contributed by atoms with Gasteiger partial charge in [-0.15, -0.1) is 10.2 Å². The minimum atomic E-state index is -0.230. The van der Waals surface area contributed by atoms with Crippen molar-refractivity contribution in [2.24, 2.45) is 5.92 Å². The van der Waals surface area contributed by atoms with E-state index in [1.807, 2.05) is 18.2 Å². The molecule has 0 spiro atoms. The lowest BCUT2D eigenvalue weighted by atomic mass is 9.85. The fourth-order valence-corrected chi connectivity index (χ4v) is 3.26. The normalized spacial score (nSPS) is 14.7. The number of carbonyl (C=O) groups is 1. The fraction of sp³-hybridized carbons (Fsp3) is 0.471. The van der Waals surface area contributed by atoms with Gasteiger partial charge in [0.15, 0.2) is 0 Å². The monoisotopic (exact) mass is 330 g/mol. The predicted octanol–water partition coefficient (Wildman–Crippen LogP) is 2.80. The molecule has 5 nitrogen and oxygen atoms in total. The van der Waals surface area contributed by atoms with Crippen molar-refractivity contribution in [3.8, 4) is 0 Å². The zero-order valence-electron chi connectivity index (χ0n) is 13.5. The van der Waals surface area contributed by atoms with Gasteiger partial charge in [-0.1, -0.05) is 41.7 Å². The van der Waals surface area contributed by atoms with E-state index in [0.29, 0.717) is 11.7 Å². The standard InChI is InChI=1S/C17H22N4OS/c1-17(2,13-6-4-3-5-7-13)15-20-21-16(23-15)19-14(22)11-18-10-12-8-9-12/h3-7,12,18H,8-11H2,1-2H3,(H,19,21,22). The summed E-state index contributed by atoms with van der Waals surface area (Å²) >= 11 is 1.43. The molecule has 23 heavy (non-hydrogen) atoms. The molecule has 1 aliphatic rings. The van der Waals surface area contributed by atoms with Crippen LogP contribution in [0.3, 0.4) is 0 Å². The summed E-state index contributed by atoms with van der Waals surface area (Å²) in [6.45, 7) is 5.49. The zero-order chi connectivity index (χ0) is 16.3. The van der Waals surface area contributed by atoms with E-state index < -0.39 is 0 Å². The molecule has 0 unspecified atom stereocenters. The lowest BCUT2D eigenvalue weighted by Crippen LogP contribution is -2.29. The smallest absolute Gasteiger partial charge is 0.240 e. The molecule has 0 radical (unpaired) electrons. The third-order valence-corrected chi connectivity index (χ3v) is 5.28. The van der Waals surface area contributed by atoms with Crippen LogP contribution in [0.1, 0.15) is 37.3 Å². The topological polar surface area (TPSA) is 66.9 Å². The van der Waals surface area contributed by atoms with E-state index in [9.17, 15) is 4.79 Å². The van der Waals surface area contributed by atoms with Crippen LogP contribution in [-0.4, -0.2) is 29.2 Å². The molecule has 0 atom stereocenters. The van der Waals surface area contributed by atoms with Crippen LogP contribution in [0, 0.1) is 5.92 Å². The van der Waals surface area contributed by atoms with Crippen LogP contribution in [0.25, 0.3) is 0 Å². The van der Waals surface area contributed by atoms with E-state index in [-0.39, 0.29) is 11.3 Å². The largest absolute Gasteiger partial charge is 0.308 e. The van der Waals surface area contributed by atoms with Crippen LogP contribution in [0.2, 0.25) is 0 Å². The number of hydrogen-bond acceptors (Lipinski definition) is 5. The zero-order valence-corrected chi connectivity index (χ0v) is 14.3. The molecular weight excluding hydrogens is 308 g/mol. The molecule has 1 aliphatic carbocycles. The minimum absolute atomic E-state index is 0.0640. The maximum absolute atomic E-state index is 11.9. The van der Waals surface area contributed by atoms with E-state index in [1.165, 1.54) is 29.7 Å². The van der Waals surface area contributed by atoms with Gasteiger partial charge in [0.05, 0.1) is 6.54 Å². The molecule has 1 fully saturated rings. The van der Waals surface area contributed by atoms with Gasteiger partial charge in [-0.05, 0) is 44.7 Å². The SMILES string of the molecule is CC(C)(c1ccccc1)c1nnc(NC(=O)CNCC2CC2)s1. The van der Waals surface area contributed by atoms with Crippen molar-refractivity contribution < 1.29 is 4.79 Å². The molecule has 0 bridgehead atoms. The third-order valence-electron chi connectivity index (χ3n) is 4.12. The number of nitrogens with one attached hydrogen (secondary N) is 2. The van der Waals surface area contributed by atoms with Crippen molar-refractivity contribution in [1.29, 1.82) is 0 Å². The van der Waals surface area contributed by atoms with Gasteiger partial charge >= 0.3 is 0 Å². The molecule has 3 rings (SSSR count). The van der Waals surface area contributed by atoms with Crippen LogP contribution in [0.4, 0.5) is 5.13 Å². The molecule has 0 aliphatic heterocycles. The van der Waals surface area contributed by atoms with Crippen LogP contribution in [-0.2, 0) is 10.2 Å². The summed E-state index contributed by atoms with van der Waals surface area (Å²) in [5.74, 6) is 0.702. The van der Waals surface area contributed by atoms with Crippen LogP contribution in [0.15, 0.2) is 30.3 Å². The average Bonchev–Trinajstić information content (AvgIpc) is 3.24.